The number of ether oxygens (including phenoxy) is 2. The molecular formula is C19H25N3O3S2. The number of hydrogen-bond acceptors (Lipinski definition) is 7. The number of nitrogens with one attached hydrogen (secondary N) is 1. The predicted octanol–water partition coefficient (Wildman–Crippen LogP) is 2.14. The van der Waals surface area contributed by atoms with Crippen LogP contribution in [0.1, 0.15) is 11.4 Å². The Morgan fingerprint density at radius 2 is 2.19 bits per heavy atom. The van der Waals surface area contributed by atoms with Gasteiger partial charge in [-0.1, -0.05) is 12.1 Å². The van der Waals surface area contributed by atoms with Gasteiger partial charge in [0.2, 0.25) is 5.91 Å². The molecule has 1 amide bonds. The van der Waals surface area contributed by atoms with Gasteiger partial charge < -0.3 is 14.8 Å². The summed E-state index contributed by atoms with van der Waals surface area (Å²) in [5.41, 5.74) is 1.05. The molecule has 1 aromatic carbocycles. The van der Waals surface area contributed by atoms with E-state index in [0.717, 1.165) is 59.5 Å². The minimum Gasteiger partial charge on any atom is -0.379 e. The summed E-state index contributed by atoms with van der Waals surface area (Å²) < 4.78 is 12.2. The van der Waals surface area contributed by atoms with Crippen molar-refractivity contribution < 1.29 is 14.3 Å². The maximum Gasteiger partial charge on any atom is 0.246 e. The lowest BCUT2D eigenvalue weighted by molar-refractivity contribution is -0.126. The quantitative estimate of drug-likeness (QED) is 0.759. The topological polar surface area (TPSA) is 63.7 Å². The van der Waals surface area contributed by atoms with E-state index >= 15 is 0 Å². The van der Waals surface area contributed by atoms with Gasteiger partial charge in [0, 0.05) is 30.9 Å². The van der Waals surface area contributed by atoms with Crippen molar-refractivity contribution in [1.29, 1.82) is 0 Å². The molecule has 0 spiro atoms. The first-order valence-corrected chi connectivity index (χ1v) is 11.3. The zero-order valence-corrected chi connectivity index (χ0v) is 16.9. The Morgan fingerprint density at radius 1 is 1.33 bits per heavy atom. The summed E-state index contributed by atoms with van der Waals surface area (Å²) in [5, 5.41) is 4.00. The second-order valence-corrected chi connectivity index (χ2v) is 9.19. The van der Waals surface area contributed by atoms with E-state index in [2.05, 4.69) is 15.2 Å². The van der Waals surface area contributed by atoms with Crippen molar-refractivity contribution in [3.05, 3.63) is 29.3 Å². The Kier molecular flexibility index (Phi) is 6.29. The number of morpholine rings is 1. The van der Waals surface area contributed by atoms with Gasteiger partial charge in [-0.15, -0.1) is 11.3 Å². The van der Waals surface area contributed by atoms with E-state index in [4.69, 9.17) is 9.47 Å². The molecule has 8 heteroatoms. The lowest BCUT2D eigenvalue weighted by Gasteiger charge is -2.43. The number of thiazole rings is 1. The van der Waals surface area contributed by atoms with Crippen LogP contribution >= 0.6 is 23.1 Å². The second kappa shape index (κ2) is 8.87. The Bertz CT molecular complexity index is 737. The molecule has 1 N–H and O–H groups in total. The van der Waals surface area contributed by atoms with Crippen LogP contribution in [0.25, 0.3) is 10.2 Å². The molecule has 2 aliphatic rings. The van der Waals surface area contributed by atoms with E-state index in [9.17, 15) is 4.79 Å². The lowest BCUT2D eigenvalue weighted by Crippen LogP contribution is -2.59. The Labute approximate surface area is 167 Å². The lowest BCUT2D eigenvalue weighted by atomic mass is 9.95. The molecule has 6 nitrogen and oxygen atoms in total. The van der Waals surface area contributed by atoms with Gasteiger partial charge in [0.1, 0.15) is 11.6 Å². The monoisotopic (exact) mass is 407 g/mol. The van der Waals surface area contributed by atoms with Crippen molar-refractivity contribution in [3.8, 4) is 0 Å². The van der Waals surface area contributed by atoms with Gasteiger partial charge in [-0.2, -0.15) is 11.8 Å². The molecule has 1 atom stereocenters. The van der Waals surface area contributed by atoms with Crippen LogP contribution in [0.3, 0.4) is 0 Å². The molecule has 4 rings (SSSR count). The van der Waals surface area contributed by atoms with Crippen LogP contribution in [0.15, 0.2) is 24.3 Å². The molecule has 0 saturated carbocycles. The van der Waals surface area contributed by atoms with Gasteiger partial charge in [0.05, 0.1) is 30.0 Å². The molecule has 146 valence electrons. The van der Waals surface area contributed by atoms with Gasteiger partial charge in [-0.25, -0.2) is 4.98 Å². The maximum atomic E-state index is 12.3. The second-order valence-electron chi connectivity index (χ2n) is 6.97. The summed E-state index contributed by atoms with van der Waals surface area (Å²) in [5.74, 6) is 2.17. The molecule has 2 saturated heterocycles. The smallest absolute Gasteiger partial charge is 0.246 e. The zero-order valence-electron chi connectivity index (χ0n) is 15.3. The van der Waals surface area contributed by atoms with Crippen LogP contribution in [0.5, 0.6) is 0 Å². The third-order valence-corrected chi connectivity index (χ3v) is 7.42. The number of rotatable bonds is 7. The molecular weight excluding hydrogens is 382 g/mol. The Morgan fingerprint density at radius 3 is 2.96 bits per heavy atom. The molecule has 1 aromatic heterocycles. The predicted molar refractivity (Wildman–Crippen MR) is 109 cm³/mol. The minimum atomic E-state index is -0.0550. The zero-order chi connectivity index (χ0) is 18.5. The van der Waals surface area contributed by atoms with E-state index in [1.54, 1.807) is 11.3 Å². The number of amides is 1. The molecule has 0 bridgehead atoms. The summed E-state index contributed by atoms with van der Waals surface area (Å²) >= 11 is 3.58. The number of carbonyl (C=O) groups is 1. The van der Waals surface area contributed by atoms with Crippen molar-refractivity contribution in [2.24, 2.45) is 0 Å². The van der Waals surface area contributed by atoms with Crippen molar-refractivity contribution in [1.82, 2.24) is 15.2 Å². The highest BCUT2D eigenvalue weighted by Gasteiger charge is 2.40. The van der Waals surface area contributed by atoms with Crippen LogP contribution in [0.2, 0.25) is 0 Å². The molecule has 0 aliphatic carbocycles. The normalized spacial score (nSPS) is 23.7. The van der Waals surface area contributed by atoms with Crippen LogP contribution in [-0.2, 0) is 20.9 Å². The summed E-state index contributed by atoms with van der Waals surface area (Å²) in [7, 11) is 0. The van der Waals surface area contributed by atoms with Gasteiger partial charge in [0.25, 0.3) is 0 Å². The van der Waals surface area contributed by atoms with Crippen LogP contribution in [-0.4, -0.2) is 72.3 Å². The van der Waals surface area contributed by atoms with E-state index < -0.39 is 0 Å². The molecule has 27 heavy (non-hydrogen) atoms. The number of hydrogen-bond donors (Lipinski definition) is 1. The first-order chi connectivity index (χ1) is 13.3. The number of aromatic nitrogens is 1. The largest absolute Gasteiger partial charge is 0.379 e. The molecule has 2 aromatic rings. The third kappa shape index (κ3) is 4.63. The summed E-state index contributed by atoms with van der Waals surface area (Å²) in [6.45, 7) is 4.59. The Hall–Kier alpha value is -1.19. The summed E-state index contributed by atoms with van der Waals surface area (Å²) in [6, 6.07) is 8.02. The SMILES string of the molecule is O=C(COCc1nc2ccccc2s1)NC[C@@]1(N2CCOCC2)CCSC1. The fourth-order valence-corrected chi connectivity index (χ4v) is 6.04. The maximum absolute atomic E-state index is 12.3. The fraction of sp³-hybridized carbons (Fsp3) is 0.579. The van der Waals surface area contributed by atoms with Gasteiger partial charge >= 0.3 is 0 Å². The first kappa shape index (κ1) is 19.1. The molecule has 3 heterocycles. The van der Waals surface area contributed by atoms with Gasteiger partial charge in [0.15, 0.2) is 0 Å². The van der Waals surface area contributed by atoms with Crippen molar-refractivity contribution in [3.63, 3.8) is 0 Å². The Balaban J connectivity index is 1.25. The van der Waals surface area contributed by atoms with E-state index in [0.29, 0.717) is 13.2 Å². The highest BCUT2D eigenvalue weighted by molar-refractivity contribution is 7.99. The number of carbonyl (C=O) groups excluding carboxylic acids is 1. The molecule has 2 aliphatic heterocycles. The third-order valence-electron chi connectivity index (χ3n) is 5.18. The highest BCUT2D eigenvalue weighted by Crippen LogP contribution is 2.33. The highest BCUT2D eigenvalue weighted by atomic mass is 32.2. The minimum absolute atomic E-state index is 0.0550. The number of benzene rings is 1. The number of nitrogens with zero attached hydrogens (tertiary/aromatic N) is 2. The average Bonchev–Trinajstić information content (AvgIpc) is 3.34. The van der Waals surface area contributed by atoms with Crippen LogP contribution in [0.4, 0.5) is 0 Å². The molecule has 2 fully saturated rings. The standard InChI is InChI=1S/C19H25N3O3S2/c23-17(11-25-12-18-21-15-3-1-2-4-16(15)27-18)20-13-19(5-10-26-14-19)22-6-8-24-9-7-22/h1-4H,5-14H2,(H,20,23)/t19-/m0/s1. The van der Waals surface area contributed by atoms with E-state index in [1.165, 1.54) is 0 Å². The van der Waals surface area contributed by atoms with Crippen molar-refractivity contribution >= 4 is 39.2 Å². The van der Waals surface area contributed by atoms with Crippen LogP contribution in [0, 0.1) is 0 Å². The summed E-state index contributed by atoms with van der Waals surface area (Å²) in [6.07, 6.45) is 1.12. The van der Waals surface area contributed by atoms with E-state index in [1.807, 2.05) is 36.0 Å². The molecule has 0 unspecified atom stereocenters. The van der Waals surface area contributed by atoms with Crippen molar-refractivity contribution in [2.75, 3.05) is 51.0 Å². The van der Waals surface area contributed by atoms with Gasteiger partial charge in [-0.05, 0) is 24.3 Å². The van der Waals surface area contributed by atoms with Gasteiger partial charge in [-0.3, -0.25) is 9.69 Å². The number of thioether (sulfide) groups is 1. The molecule has 0 radical (unpaired) electrons. The van der Waals surface area contributed by atoms with E-state index in [-0.39, 0.29) is 18.1 Å². The first-order valence-electron chi connectivity index (χ1n) is 9.35. The average molecular weight is 408 g/mol. The summed E-state index contributed by atoms with van der Waals surface area (Å²) in [4.78, 5) is 19.3. The van der Waals surface area contributed by atoms with Crippen molar-refractivity contribution in [2.45, 2.75) is 18.6 Å². The van der Waals surface area contributed by atoms with Crippen LogP contribution < -0.4 is 5.32 Å². The number of fused-ring (bicyclic) bond motifs is 1. The number of para-hydroxylation sites is 1. The fourth-order valence-electron chi connectivity index (χ4n) is 3.66.